The second-order valence-electron chi connectivity index (χ2n) is 3.12. The van der Waals surface area contributed by atoms with Gasteiger partial charge in [0.05, 0.1) is 5.92 Å². The van der Waals surface area contributed by atoms with Crippen molar-refractivity contribution in [1.82, 2.24) is 5.32 Å². The average Bonchev–Trinajstić information content (AvgIpc) is 2.04. The Morgan fingerprint density at radius 3 is 2.42 bits per heavy atom. The third-order valence-electron chi connectivity index (χ3n) is 2.45. The van der Waals surface area contributed by atoms with Crippen LogP contribution in [0.4, 0.5) is 0 Å². The van der Waals surface area contributed by atoms with Gasteiger partial charge in [0, 0.05) is 6.04 Å². The summed E-state index contributed by atoms with van der Waals surface area (Å²) in [4.78, 5) is 10.7. The van der Waals surface area contributed by atoms with Gasteiger partial charge in [-0.05, 0) is 19.9 Å². The molecule has 0 aromatic rings. The third-order valence-corrected chi connectivity index (χ3v) is 2.45. The van der Waals surface area contributed by atoms with E-state index >= 15 is 0 Å². The van der Waals surface area contributed by atoms with Crippen molar-refractivity contribution in [3.05, 3.63) is 0 Å². The highest BCUT2D eigenvalue weighted by molar-refractivity contribution is 8.93. The molecule has 1 saturated carbocycles. The molecule has 0 radical (unpaired) electrons. The van der Waals surface area contributed by atoms with Gasteiger partial charge in [-0.2, -0.15) is 0 Å². The summed E-state index contributed by atoms with van der Waals surface area (Å²) in [5, 5.41) is 11.9. The quantitative estimate of drug-likeness (QED) is 0.765. The molecule has 1 fully saturated rings. The first-order valence-corrected chi connectivity index (χ1v) is 4.15. The highest BCUT2D eigenvalue weighted by Crippen LogP contribution is 2.23. The van der Waals surface area contributed by atoms with E-state index in [0.29, 0.717) is 0 Å². The highest BCUT2D eigenvalue weighted by atomic mass is 79.9. The molecule has 72 valence electrons. The van der Waals surface area contributed by atoms with Crippen molar-refractivity contribution in [2.45, 2.75) is 31.7 Å². The van der Waals surface area contributed by atoms with Gasteiger partial charge in [0.1, 0.15) is 0 Å². The Morgan fingerprint density at radius 2 is 2.00 bits per heavy atom. The standard InChI is InChI=1S/C8H15NO2.BrH/c1-9-7-5-3-2-4-6(7)8(10)11;/h6-7,9H,2-5H2,1H3,(H,10,11);1H. The van der Waals surface area contributed by atoms with Crippen LogP contribution in [0.3, 0.4) is 0 Å². The topological polar surface area (TPSA) is 49.3 Å². The molecule has 0 bridgehead atoms. The summed E-state index contributed by atoms with van der Waals surface area (Å²) in [5.41, 5.74) is 0. The number of rotatable bonds is 2. The van der Waals surface area contributed by atoms with Crippen LogP contribution in [0.1, 0.15) is 25.7 Å². The molecule has 0 aromatic carbocycles. The van der Waals surface area contributed by atoms with E-state index in [0.717, 1.165) is 25.7 Å². The number of hydrogen-bond acceptors (Lipinski definition) is 2. The van der Waals surface area contributed by atoms with Gasteiger partial charge in [-0.15, -0.1) is 17.0 Å². The normalized spacial score (nSPS) is 29.1. The molecule has 2 N–H and O–H groups in total. The van der Waals surface area contributed by atoms with E-state index in [2.05, 4.69) is 5.32 Å². The van der Waals surface area contributed by atoms with Crippen LogP contribution in [0.2, 0.25) is 0 Å². The van der Waals surface area contributed by atoms with Crippen molar-refractivity contribution in [1.29, 1.82) is 0 Å². The van der Waals surface area contributed by atoms with E-state index in [-0.39, 0.29) is 28.9 Å². The van der Waals surface area contributed by atoms with Gasteiger partial charge in [0.25, 0.3) is 0 Å². The molecule has 1 aliphatic carbocycles. The molecule has 4 heteroatoms. The van der Waals surface area contributed by atoms with Crippen LogP contribution in [0.5, 0.6) is 0 Å². The Morgan fingerprint density at radius 1 is 1.42 bits per heavy atom. The second-order valence-corrected chi connectivity index (χ2v) is 3.12. The van der Waals surface area contributed by atoms with Crippen molar-refractivity contribution >= 4 is 23.0 Å². The van der Waals surface area contributed by atoms with Crippen LogP contribution in [0.25, 0.3) is 0 Å². The summed E-state index contributed by atoms with van der Waals surface area (Å²) in [6.45, 7) is 0. The minimum atomic E-state index is -0.649. The van der Waals surface area contributed by atoms with Crippen molar-refractivity contribution in [3.8, 4) is 0 Å². The smallest absolute Gasteiger partial charge is 0.308 e. The summed E-state index contributed by atoms with van der Waals surface area (Å²) in [6.07, 6.45) is 4.07. The van der Waals surface area contributed by atoms with E-state index in [9.17, 15) is 4.79 Å². The lowest BCUT2D eigenvalue weighted by atomic mass is 9.85. The number of nitrogens with one attached hydrogen (secondary N) is 1. The largest absolute Gasteiger partial charge is 0.481 e. The van der Waals surface area contributed by atoms with E-state index in [4.69, 9.17) is 5.11 Å². The number of aliphatic carboxylic acids is 1. The Balaban J connectivity index is 0.00000121. The summed E-state index contributed by atoms with van der Waals surface area (Å²) in [5.74, 6) is -0.808. The number of carbonyl (C=O) groups is 1. The fourth-order valence-corrected chi connectivity index (χ4v) is 1.77. The predicted molar refractivity (Wildman–Crippen MR) is 52.8 cm³/mol. The number of carboxylic acids is 1. The molecular formula is C8H16BrNO2. The zero-order valence-electron chi connectivity index (χ0n) is 7.25. The Bertz CT molecular complexity index is 152. The molecule has 2 unspecified atom stereocenters. The van der Waals surface area contributed by atoms with Crippen LogP contribution < -0.4 is 5.32 Å². The summed E-state index contributed by atoms with van der Waals surface area (Å²) in [6, 6.07) is 0.196. The van der Waals surface area contributed by atoms with Crippen LogP contribution in [0.15, 0.2) is 0 Å². The Kier molecular flexibility index (Phi) is 5.50. The van der Waals surface area contributed by atoms with Crippen LogP contribution in [-0.4, -0.2) is 24.2 Å². The monoisotopic (exact) mass is 237 g/mol. The third kappa shape index (κ3) is 2.75. The van der Waals surface area contributed by atoms with Crippen molar-refractivity contribution in [2.24, 2.45) is 5.92 Å². The maximum atomic E-state index is 10.7. The highest BCUT2D eigenvalue weighted by Gasteiger charge is 2.29. The molecule has 0 saturated heterocycles. The van der Waals surface area contributed by atoms with Gasteiger partial charge in [0.15, 0.2) is 0 Å². The average molecular weight is 238 g/mol. The number of halogens is 1. The number of carboxylic acid groups (broad SMARTS) is 1. The van der Waals surface area contributed by atoms with Crippen molar-refractivity contribution in [2.75, 3.05) is 7.05 Å². The first kappa shape index (κ1) is 11.9. The molecular weight excluding hydrogens is 222 g/mol. The molecule has 1 rings (SSSR count). The van der Waals surface area contributed by atoms with Crippen molar-refractivity contribution in [3.63, 3.8) is 0 Å². The Labute approximate surface area is 83.3 Å². The first-order valence-electron chi connectivity index (χ1n) is 4.15. The summed E-state index contributed by atoms with van der Waals surface area (Å²) in [7, 11) is 1.84. The second kappa shape index (κ2) is 5.54. The fourth-order valence-electron chi connectivity index (χ4n) is 1.77. The summed E-state index contributed by atoms with van der Waals surface area (Å²) < 4.78 is 0. The zero-order valence-corrected chi connectivity index (χ0v) is 8.96. The molecule has 12 heavy (non-hydrogen) atoms. The van der Waals surface area contributed by atoms with Gasteiger partial charge in [0.2, 0.25) is 0 Å². The van der Waals surface area contributed by atoms with E-state index in [1.807, 2.05) is 7.05 Å². The minimum Gasteiger partial charge on any atom is -0.481 e. The molecule has 1 aliphatic rings. The lowest BCUT2D eigenvalue weighted by Gasteiger charge is -2.27. The van der Waals surface area contributed by atoms with Crippen molar-refractivity contribution < 1.29 is 9.90 Å². The number of hydrogen-bond donors (Lipinski definition) is 2. The van der Waals surface area contributed by atoms with Gasteiger partial charge < -0.3 is 10.4 Å². The van der Waals surface area contributed by atoms with Crippen LogP contribution in [-0.2, 0) is 4.79 Å². The summed E-state index contributed by atoms with van der Waals surface area (Å²) >= 11 is 0. The minimum absolute atomic E-state index is 0. The van der Waals surface area contributed by atoms with E-state index in [1.54, 1.807) is 0 Å². The Hall–Kier alpha value is -0.0900. The first-order chi connectivity index (χ1) is 5.25. The van der Waals surface area contributed by atoms with E-state index < -0.39 is 5.97 Å². The van der Waals surface area contributed by atoms with Gasteiger partial charge in [-0.25, -0.2) is 0 Å². The fraction of sp³-hybridized carbons (Fsp3) is 0.875. The van der Waals surface area contributed by atoms with Crippen LogP contribution >= 0.6 is 17.0 Å². The lowest BCUT2D eigenvalue weighted by Crippen LogP contribution is -2.40. The molecule has 0 aliphatic heterocycles. The lowest BCUT2D eigenvalue weighted by molar-refractivity contribution is -0.143. The SMILES string of the molecule is Br.CNC1CCCCC1C(=O)O. The maximum Gasteiger partial charge on any atom is 0.308 e. The molecule has 0 amide bonds. The van der Waals surface area contributed by atoms with Gasteiger partial charge in [-0.1, -0.05) is 12.8 Å². The van der Waals surface area contributed by atoms with Crippen LogP contribution in [0, 0.1) is 5.92 Å². The van der Waals surface area contributed by atoms with E-state index in [1.165, 1.54) is 0 Å². The molecule has 0 heterocycles. The molecule has 0 spiro atoms. The molecule has 2 atom stereocenters. The zero-order chi connectivity index (χ0) is 8.27. The van der Waals surface area contributed by atoms with Gasteiger partial charge in [-0.3, -0.25) is 4.79 Å². The maximum absolute atomic E-state index is 10.7. The van der Waals surface area contributed by atoms with Gasteiger partial charge >= 0.3 is 5.97 Å². The molecule has 0 aromatic heterocycles. The predicted octanol–water partition coefficient (Wildman–Crippen LogP) is 1.43. The molecule has 3 nitrogen and oxygen atoms in total.